The van der Waals surface area contributed by atoms with Crippen LogP contribution in [0.1, 0.15) is 13.3 Å². The third-order valence-corrected chi connectivity index (χ3v) is 1.24. The fraction of sp³-hybridized carbons (Fsp3) is 0.833. The van der Waals surface area contributed by atoms with Gasteiger partial charge in [-0.2, -0.15) is 0 Å². The molecule has 1 unspecified atom stereocenters. The summed E-state index contributed by atoms with van der Waals surface area (Å²) < 4.78 is 0. The average molecular weight is 116 g/mol. The van der Waals surface area contributed by atoms with Gasteiger partial charge in [0.15, 0.2) is 0 Å². The van der Waals surface area contributed by atoms with Crippen LogP contribution in [0.25, 0.3) is 0 Å². The molecule has 48 valence electrons. The van der Waals surface area contributed by atoms with E-state index in [0.717, 1.165) is 12.7 Å². The molecule has 8 heavy (non-hydrogen) atoms. The Kier molecular flexibility index (Phi) is 3.44. The molecule has 2 nitrogen and oxygen atoms in total. The van der Waals surface area contributed by atoms with Gasteiger partial charge in [-0.15, -0.1) is 0 Å². The Morgan fingerprint density at radius 2 is 2.12 bits per heavy atom. The van der Waals surface area contributed by atoms with E-state index in [9.17, 15) is 4.79 Å². The van der Waals surface area contributed by atoms with Crippen LogP contribution >= 0.6 is 0 Å². The maximum atomic E-state index is 10.1. The highest BCUT2D eigenvalue weighted by atomic mass is 16.1. The molecule has 0 aromatic heterocycles. The van der Waals surface area contributed by atoms with Crippen LogP contribution in [-0.4, -0.2) is 31.3 Å². The van der Waals surface area contributed by atoms with Crippen LogP contribution in [0, 0.1) is 0 Å². The predicted octanol–water partition coefficient (Wildman–Crippen LogP) is 0.525. The van der Waals surface area contributed by atoms with E-state index in [4.69, 9.17) is 0 Å². The molecule has 0 saturated heterocycles. The molecule has 0 aliphatic rings. The maximum absolute atomic E-state index is 10.1. The highest BCUT2D eigenvalue weighted by molar-refractivity contribution is 5.57. The highest BCUT2D eigenvalue weighted by Gasteiger charge is 2.03. The lowest BCUT2D eigenvalue weighted by Crippen LogP contribution is -2.28. The minimum absolute atomic E-state index is 0.106. The number of hydrogen-bond donors (Lipinski definition) is 0. The Bertz CT molecular complexity index is 70.9. The van der Waals surface area contributed by atoms with Crippen molar-refractivity contribution in [1.82, 2.24) is 4.90 Å². The first-order valence-corrected chi connectivity index (χ1v) is 2.84. The first-order valence-electron chi connectivity index (χ1n) is 2.84. The minimum atomic E-state index is 0.106. The van der Waals surface area contributed by atoms with Crippen molar-refractivity contribution in [2.24, 2.45) is 0 Å². The van der Waals surface area contributed by atoms with E-state index in [1.807, 2.05) is 25.9 Å². The first kappa shape index (κ1) is 7.63. The number of carbonyl (C=O) groups is 1. The summed E-state index contributed by atoms with van der Waals surface area (Å²) in [5.41, 5.74) is 0. The van der Waals surface area contributed by atoms with E-state index in [0.29, 0.717) is 0 Å². The molecule has 0 heterocycles. The third-order valence-electron chi connectivity index (χ3n) is 1.24. The molecule has 2 heteroatoms. The molecule has 0 rings (SSSR count). The molecular formula is C6H13NO. The van der Waals surface area contributed by atoms with E-state index in [1.165, 1.54) is 0 Å². The van der Waals surface area contributed by atoms with Crippen molar-refractivity contribution in [3.63, 3.8) is 0 Å². The lowest BCUT2D eigenvalue weighted by Gasteiger charge is -2.14. The Morgan fingerprint density at radius 3 is 2.12 bits per heavy atom. The quantitative estimate of drug-likeness (QED) is 0.396. The lowest BCUT2D eigenvalue weighted by atomic mass is 10.3. The highest BCUT2D eigenvalue weighted by Crippen LogP contribution is 1.92. The molecule has 0 saturated carbocycles. The molecule has 0 aromatic carbocycles. The van der Waals surface area contributed by atoms with Crippen LogP contribution in [0.3, 0.4) is 0 Å². The van der Waals surface area contributed by atoms with Crippen molar-refractivity contribution < 1.29 is 4.79 Å². The number of hydrogen-bond acceptors (Lipinski definition) is 2. The zero-order chi connectivity index (χ0) is 6.57. The Hall–Kier alpha value is -0.370. The summed E-state index contributed by atoms with van der Waals surface area (Å²) in [6.07, 6.45) is 1.87. The zero-order valence-electron chi connectivity index (χ0n) is 5.72. The van der Waals surface area contributed by atoms with Crippen molar-refractivity contribution in [2.45, 2.75) is 19.4 Å². The Morgan fingerprint density at radius 1 is 1.62 bits per heavy atom. The molecule has 0 aliphatic heterocycles. The van der Waals surface area contributed by atoms with Gasteiger partial charge in [0.25, 0.3) is 0 Å². The van der Waals surface area contributed by atoms with Gasteiger partial charge in [0.05, 0.1) is 6.04 Å². The van der Waals surface area contributed by atoms with Gasteiger partial charge in [-0.25, -0.2) is 0 Å². The summed E-state index contributed by atoms with van der Waals surface area (Å²) in [4.78, 5) is 12.0. The molecule has 0 radical (unpaired) electrons. The van der Waals surface area contributed by atoms with E-state index in [2.05, 4.69) is 0 Å². The smallest absolute Gasteiger partial charge is 0.137 e. The van der Waals surface area contributed by atoms with Gasteiger partial charge in [0.1, 0.15) is 6.29 Å². The lowest BCUT2D eigenvalue weighted by molar-refractivity contribution is -0.111. The summed E-state index contributed by atoms with van der Waals surface area (Å²) in [5, 5.41) is 0. The summed E-state index contributed by atoms with van der Waals surface area (Å²) in [7, 11) is 3.81. The van der Waals surface area contributed by atoms with Gasteiger partial charge in [-0.3, -0.25) is 0 Å². The van der Waals surface area contributed by atoms with Crippen molar-refractivity contribution in [3.8, 4) is 0 Å². The van der Waals surface area contributed by atoms with E-state index < -0.39 is 0 Å². The molecular weight excluding hydrogens is 103 g/mol. The number of rotatable bonds is 3. The van der Waals surface area contributed by atoms with E-state index in [1.54, 1.807) is 0 Å². The molecule has 1 atom stereocenters. The molecule has 0 spiro atoms. The maximum Gasteiger partial charge on any atom is 0.137 e. The Balaban J connectivity index is 3.51. The SMILES string of the molecule is CN(C)C(C=O)C[13CH3]. The molecule has 0 fully saturated rings. The van der Waals surface area contributed by atoms with Crippen molar-refractivity contribution >= 4 is 6.29 Å². The van der Waals surface area contributed by atoms with Gasteiger partial charge in [-0.05, 0) is 20.5 Å². The second-order valence-electron chi connectivity index (χ2n) is 2.08. The fourth-order valence-corrected chi connectivity index (χ4v) is 0.583. The van der Waals surface area contributed by atoms with Crippen molar-refractivity contribution in [1.29, 1.82) is 0 Å². The van der Waals surface area contributed by atoms with Gasteiger partial charge < -0.3 is 9.69 Å². The fourth-order valence-electron chi connectivity index (χ4n) is 0.583. The molecule has 0 amide bonds. The van der Waals surface area contributed by atoms with Crippen LogP contribution in [0.5, 0.6) is 0 Å². The monoisotopic (exact) mass is 116 g/mol. The first-order chi connectivity index (χ1) is 3.72. The van der Waals surface area contributed by atoms with Crippen molar-refractivity contribution in [3.05, 3.63) is 0 Å². The van der Waals surface area contributed by atoms with E-state index in [-0.39, 0.29) is 6.04 Å². The molecule has 0 N–H and O–H groups in total. The number of aldehydes is 1. The summed E-state index contributed by atoms with van der Waals surface area (Å²) in [6.45, 7) is 2.00. The number of carbonyl (C=O) groups excluding carboxylic acids is 1. The molecule has 0 bridgehead atoms. The van der Waals surface area contributed by atoms with Crippen molar-refractivity contribution in [2.75, 3.05) is 14.1 Å². The predicted molar refractivity (Wildman–Crippen MR) is 33.8 cm³/mol. The summed E-state index contributed by atoms with van der Waals surface area (Å²) in [5.74, 6) is 0. The summed E-state index contributed by atoms with van der Waals surface area (Å²) in [6, 6.07) is 0.106. The zero-order valence-corrected chi connectivity index (χ0v) is 5.72. The number of nitrogens with zero attached hydrogens (tertiary/aromatic N) is 1. The molecule has 0 aromatic rings. The van der Waals surface area contributed by atoms with Gasteiger partial charge in [0, 0.05) is 0 Å². The van der Waals surface area contributed by atoms with E-state index >= 15 is 0 Å². The summed E-state index contributed by atoms with van der Waals surface area (Å²) >= 11 is 0. The molecule has 0 aliphatic carbocycles. The van der Waals surface area contributed by atoms with Crippen LogP contribution in [-0.2, 0) is 4.79 Å². The van der Waals surface area contributed by atoms with Crippen LogP contribution in [0.4, 0.5) is 0 Å². The van der Waals surface area contributed by atoms with Crippen LogP contribution in [0.2, 0.25) is 0 Å². The standard InChI is InChI=1S/C6H13NO/c1-4-6(5-8)7(2)3/h5-6H,4H2,1-3H3/i1+1. The van der Waals surface area contributed by atoms with Gasteiger partial charge >= 0.3 is 0 Å². The van der Waals surface area contributed by atoms with Crippen LogP contribution < -0.4 is 0 Å². The second-order valence-corrected chi connectivity index (χ2v) is 2.08. The van der Waals surface area contributed by atoms with Gasteiger partial charge in [-0.1, -0.05) is 6.92 Å². The largest absolute Gasteiger partial charge is 0.302 e. The second kappa shape index (κ2) is 3.61. The minimum Gasteiger partial charge on any atom is -0.302 e. The van der Waals surface area contributed by atoms with Gasteiger partial charge in [0.2, 0.25) is 0 Å². The average Bonchev–Trinajstić information content (AvgIpc) is 1.69. The Labute approximate surface area is 50.5 Å². The normalized spacial score (nSPS) is 14.0. The topological polar surface area (TPSA) is 20.3 Å². The number of likely N-dealkylation sites (N-methyl/N-ethyl adjacent to an activating group) is 1. The van der Waals surface area contributed by atoms with Crippen LogP contribution in [0.15, 0.2) is 0 Å². The third kappa shape index (κ3) is 2.07.